The minimum Gasteiger partial charge on any atom is -0.460 e. The second-order valence-corrected chi connectivity index (χ2v) is 11.9. The maximum absolute atomic E-state index is 11.4. The normalized spacial score (nSPS) is 12.7. The Bertz CT molecular complexity index is 509. The van der Waals surface area contributed by atoms with Gasteiger partial charge in [-0.2, -0.15) is 0 Å². The molecule has 0 aliphatic rings. The molecule has 0 N–H and O–H groups in total. The molecule has 0 saturated heterocycles. The van der Waals surface area contributed by atoms with Gasteiger partial charge in [0.05, 0.1) is 11.7 Å². The minimum absolute atomic E-state index is 0.0618. The van der Waals surface area contributed by atoms with Gasteiger partial charge in [0.1, 0.15) is 5.60 Å². The van der Waals surface area contributed by atoms with Crippen LogP contribution in [-0.4, -0.2) is 113 Å². The number of hydrogen-bond donors (Lipinski definition) is 0. The fourth-order valence-corrected chi connectivity index (χ4v) is 2.59. The molecule has 0 aromatic rings. The second kappa shape index (κ2) is 24.3. The minimum atomic E-state index is -0.310. The van der Waals surface area contributed by atoms with E-state index in [0.717, 1.165) is 71.4 Å². The van der Waals surface area contributed by atoms with E-state index in [1.807, 2.05) is 34.9 Å². The predicted octanol–water partition coefficient (Wildman–Crippen LogP) is 5.96. The summed E-state index contributed by atoms with van der Waals surface area (Å²) in [5, 5.41) is 0. The third kappa shape index (κ3) is 35.3. The summed E-state index contributed by atoms with van der Waals surface area (Å²) in [6.45, 7) is 21.6. The number of hydrogen-bond acceptors (Lipinski definition) is 7. The molecule has 0 spiro atoms. The molecule has 0 aromatic heterocycles. The summed E-state index contributed by atoms with van der Waals surface area (Å²) >= 11 is 0. The van der Waals surface area contributed by atoms with Crippen LogP contribution in [0.1, 0.15) is 100 Å². The van der Waals surface area contributed by atoms with Crippen LogP contribution in [0.5, 0.6) is 0 Å². The van der Waals surface area contributed by atoms with E-state index in [0.29, 0.717) is 12.5 Å². The van der Waals surface area contributed by atoms with Crippen LogP contribution in [0.15, 0.2) is 0 Å². The zero-order valence-electron chi connectivity index (χ0n) is 27.5. The van der Waals surface area contributed by atoms with E-state index >= 15 is 0 Å². The quantitative estimate of drug-likeness (QED) is 0.159. The smallest absolute Gasteiger partial charge is 0.306 e. The van der Waals surface area contributed by atoms with Crippen molar-refractivity contribution in [3.05, 3.63) is 0 Å². The average Bonchev–Trinajstić information content (AvgIpc) is 2.79. The third-order valence-electron chi connectivity index (χ3n) is 6.05. The lowest BCUT2D eigenvalue weighted by molar-refractivity contribution is -0.156. The van der Waals surface area contributed by atoms with Crippen molar-refractivity contribution in [1.82, 2.24) is 14.7 Å². The molecule has 0 aliphatic heterocycles. The number of ether oxygens (including phenoxy) is 3. The summed E-state index contributed by atoms with van der Waals surface area (Å²) in [6, 6.07) is 0. The van der Waals surface area contributed by atoms with Gasteiger partial charge in [0, 0.05) is 19.6 Å². The number of rotatable bonds is 18. The number of nitrogens with zero attached hydrogens (tertiary/aromatic N) is 3. The monoisotopic (exact) mass is 534 g/mol. The first kappa shape index (κ1) is 40.8. The van der Waals surface area contributed by atoms with Crippen molar-refractivity contribution >= 4 is 5.97 Å². The number of carbonyl (C=O) groups excluding carboxylic acids is 1. The van der Waals surface area contributed by atoms with Crippen LogP contribution in [-0.2, 0) is 19.0 Å². The highest BCUT2D eigenvalue weighted by atomic mass is 16.6. The maximum Gasteiger partial charge on any atom is 0.306 e. The Morgan fingerprint density at radius 2 is 1.14 bits per heavy atom. The average molecular weight is 534 g/mol. The van der Waals surface area contributed by atoms with Crippen molar-refractivity contribution in [3.63, 3.8) is 0 Å². The molecule has 0 aromatic carbocycles. The van der Waals surface area contributed by atoms with Gasteiger partial charge in [0.25, 0.3) is 0 Å². The Kier molecular flexibility index (Phi) is 26.8. The largest absolute Gasteiger partial charge is 0.460 e. The highest BCUT2D eigenvalue weighted by Crippen LogP contribution is 2.15. The summed E-state index contributed by atoms with van der Waals surface area (Å²) in [4.78, 5) is 17.8. The van der Waals surface area contributed by atoms with Crippen LogP contribution in [0, 0.1) is 0 Å². The lowest BCUT2D eigenvalue weighted by Crippen LogP contribution is -2.27. The van der Waals surface area contributed by atoms with Crippen LogP contribution >= 0.6 is 0 Å². The maximum atomic E-state index is 11.4. The van der Waals surface area contributed by atoms with Crippen molar-refractivity contribution in [3.8, 4) is 0 Å². The van der Waals surface area contributed by atoms with Gasteiger partial charge < -0.3 is 28.9 Å². The van der Waals surface area contributed by atoms with E-state index in [-0.39, 0.29) is 17.2 Å². The Hall–Kier alpha value is -0.730. The van der Waals surface area contributed by atoms with E-state index in [4.69, 9.17) is 14.2 Å². The molecular weight excluding hydrogens is 466 g/mol. The molecule has 0 aliphatic carbocycles. The third-order valence-corrected chi connectivity index (χ3v) is 6.05. The van der Waals surface area contributed by atoms with Crippen molar-refractivity contribution in [1.29, 1.82) is 0 Å². The van der Waals surface area contributed by atoms with Gasteiger partial charge in [0.15, 0.2) is 0 Å². The Morgan fingerprint density at radius 1 is 0.703 bits per heavy atom. The molecule has 1 unspecified atom stereocenters. The Morgan fingerprint density at radius 3 is 1.54 bits per heavy atom. The molecule has 0 heterocycles. The number of carbonyl (C=O) groups is 1. The standard InChI is InChI=1S/C11H23NO2.C10H23NO.C9H21NO/c1-6-11(2,3)14-10(13)8-7-9-12(4)5;1-6-10(2,3)12-9-7-8-11(4)5;1-5-9(2)11-8-6-7-10(3)4/h6-9H2,1-5H3;6-9H2,1-5H3;9H,5-8H2,1-4H3. The summed E-state index contributed by atoms with van der Waals surface area (Å²) in [6.07, 6.45) is 7.11. The highest BCUT2D eigenvalue weighted by molar-refractivity contribution is 5.69. The van der Waals surface area contributed by atoms with E-state index in [9.17, 15) is 4.79 Å². The first-order valence-corrected chi connectivity index (χ1v) is 14.4. The fourth-order valence-electron chi connectivity index (χ4n) is 2.59. The van der Waals surface area contributed by atoms with E-state index in [1.165, 1.54) is 0 Å². The summed E-state index contributed by atoms with van der Waals surface area (Å²) in [5.41, 5.74) is -0.248. The Balaban J connectivity index is -0.000000473. The molecule has 0 bridgehead atoms. The molecule has 0 rings (SSSR count). The van der Waals surface area contributed by atoms with Gasteiger partial charge in [-0.3, -0.25) is 4.79 Å². The van der Waals surface area contributed by atoms with Gasteiger partial charge in [-0.05, 0) is 135 Å². The van der Waals surface area contributed by atoms with E-state index < -0.39 is 0 Å². The molecule has 37 heavy (non-hydrogen) atoms. The summed E-state index contributed by atoms with van der Waals surface area (Å²) < 4.78 is 16.5. The van der Waals surface area contributed by atoms with Gasteiger partial charge in [-0.1, -0.05) is 20.8 Å². The van der Waals surface area contributed by atoms with Crippen LogP contribution in [0.2, 0.25) is 0 Å². The zero-order chi connectivity index (χ0) is 29.5. The molecule has 7 nitrogen and oxygen atoms in total. The first-order valence-electron chi connectivity index (χ1n) is 14.4. The van der Waals surface area contributed by atoms with E-state index in [2.05, 4.69) is 77.5 Å². The SMILES string of the molecule is CCC(C)(C)OC(=O)CCCN(C)C.CCC(C)(C)OCCCN(C)C.CCC(C)OCCCN(C)C. The van der Waals surface area contributed by atoms with E-state index in [1.54, 1.807) is 0 Å². The molecular formula is C30H67N3O4. The Labute approximate surface area is 232 Å². The number of esters is 1. The molecule has 0 fully saturated rings. The van der Waals surface area contributed by atoms with Crippen LogP contribution in [0.3, 0.4) is 0 Å². The van der Waals surface area contributed by atoms with Crippen LogP contribution < -0.4 is 0 Å². The molecule has 1 atom stereocenters. The van der Waals surface area contributed by atoms with Gasteiger partial charge >= 0.3 is 5.97 Å². The molecule has 0 radical (unpaired) electrons. The first-order chi connectivity index (χ1) is 17.0. The van der Waals surface area contributed by atoms with Crippen molar-refractivity contribution in [2.24, 2.45) is 0 Å². The lowest BCUT2D eigenvalue weighted by Gasteiger charge is -2.23. The van der Waals surface area contributed by atoms with Crippen molar-refractivity contribution < 1.29 is 19.0 Å². The van der Waals surface area contributed by atoms with Gasteiger partial charge in [-0.15, -0.1) is 0 Å². The van der Waals surface area contributed by atoms with Crippen LogP contribution in [0.4, 0.5) is 0 Å². The predicted molar refractivity (Wildman–Crippen MR) is 161 cm³/mol. The van der Waals surface area contributed by atoms with Crippen molar-refractivity contribution in [2.45, 2.75) is 118 Å². The summed E-state index contributed by atoms with van der Waals surface area (Å²) in [7, 11) is 12.4. The lowest BCUT2D eigenvalue weighted by atomic mass is 10.1. The highest BCUT2D eigenvalue weighted by Gasteiger charge is 2.19. The second-order valence-electron chi connectivity index (χ2n) is 11.9. The summed E-state index contributed by atoms with van der Waals surface area (Å²) in [5.74, 6) is -0.0845. The molecule has 0 saturated carbocycles. The molecule has 226 valence electrons. The van der Waals surface area contributed by atoms with Crippen molar-refractivity contribution in [2.75, 3.05) is 75.1 Å². The van der Waals surface area contributed by atoms with Gasteiger partial charge in [0.2, 0.25) is 0 Å². The molecule has 7 heteroatoms. The van der Waals surface area contributed by atoms with Crippen LogP contribution in [0.25, 0.3) is 0 Å². The van der Waals surface area contributed by atoms with Gasteiger partial charge in [-0.25, -0.2) is 0 Å². The molecule has 0 amide bonds. The fraction of sp³-hybridized carbons (Fsp3) is 0.967. The zero-order valence-corrected chi connectivity index (χ0v) is 27.5. The topological polar surface area (TPSA) is 54.5 Å².